The van der Waals surface area contributed by atoms with Gasteiger partial charge in [-0.3, -0.25) is 0 Å². The van der Waals surface area contributed by atoms with Crippen molar-refractivity contribution >= 4 is 0 Å². The predicted octanol–water partition coefficient (Wildman–Crippen LogP) is -1.48. The number of hydrazine groups is 1. The molecule has 1 rings (SSSR count). The van der Waals surface area contributed by atoms with Crippen LogP contribution in [0.1, 0.15) is 33.1 Å². The van der Waals surface area contributed by atoms with Crippen LogP contribution in [0.4, 0.5) is 0 Å². The molecule has 1 heterocycles. The Morgan fingerprint density at radius 3 is 2.23 bits per heavy atom. The summed E-state index contributed by atoms with van der Waals surface area (Å²) < 4.78 is 0. The van der Waals surface area contributed by atoms with E-state index >= 15 is 0 Å². The topological polar surface area (TPSA) is 61.9 Å². The summed E-state index contributed by atoms with van der Waals surface area (Å²) in [6.07, 6.45) is 3.11. The molecule has 1 aliphatic rings. The Bertz CT molecular complexity index is 179. The number of rotatable bonds is 1. The average molecular weight is 196 g/mol. The molecule has 1 N–H and O–H groups in total. The molecule has 1 saturated heterocycles. The molecule has 70 valence electrons. The molecular formula is C7H15N3NaO2+. The van der Waals surface area contributed by atoms with E-state index in [1.54, 1.807) is 5.01 Å². The maximum atomic E-state index is 11.0. The first-order valence-electron chi connectivity index (χ1n) is 4.27. The summed E-state index contributed by atoms with van der Waals surface area (Å²) >= 11 is 0. The van der Waals surface area contributed by atoms with Crippen LogP contribution in [0.5, 0.6) is 0 Å². The molecule has 2 atom stereocenters. The maximum Gasteiger partial charge on any atom is 1.00 e. The first-order chi connectivity index (χ1) is 5.66. The molecule has 1 aliphatic heterocycles. The standard InChI is InChI=1S/C7H15N3O2.Na/c1-6-4-3-5-7(2)9(6)10(12)8-11;/h6-7,11H,3-5H2,1-2H3;/q;+1. The fraction of sp³-hybridized carbons (Fsp3) is 1.00. The number of nitrogens with zero attached hydrogens (tertiary/aromatic N) is 3. The number of hydrogen-bond acceptors (Lipinski definition) is 2. The molecule has 0 radical (unpaired) electrons. The summed E-state index contributed by atoms with van der Waals surface area (Å²) in [6, 6.07) is 0.337. The summed E-state index contributed by atoms with van der Waals surface area (Å²) in [5, 5.41) is 23.5. The minimum absolute atomic E-state index is 0. The molecule has 0 bridgehead atoms. The Morgan fingerprint density at radius 1 is 1.38 bits per heavy atom. The van der Waals surface area contributed by atoms with Gasteiger partial charge in [-0.05, 0) is 33.1 Å². The van der Waals surface area contributed by atoms with Gasteiger partial charge in [0.1, 0.15) is 0 Å². The van der Waals surface area contributed by atoms with Gasteiger partial charge < -0.3 is 10.4 Å². The summed E-state index contributed by atoms with van der Waals surface area (Å²) in [4.78, 5) is 0.286. The van der Waals surface area contributed by atoms with Crippen molar-refractivity contribution in [3.8, 4) is 0 Å². The van der Waals surface area contributed by atoms with E-state index in [9.17, 15) is 5.21 Å². The molecule has 6 heteroatoms. The van der Waals surface area contributed by atoms with Gasteiger partial charge in [-0.25, -0.2) is 0 Å². The zero-order chi connectivity index (χ0) is 9.14. The molecule has 2 unspecified atom stereocenters. The number of piperidine rings is 1. The van der Waals surface area contributed by atoms with Gasteiger partial charge in [0.2, 0.25) is 5.28 Å². The minimum atomic E-state index is 0. The molecule has 5 nitrogen and oxygen atoms in total. The van der Waals surface area contributed by atoms with Crippen LogP contribution in [0.15, 0.2) is 5.28 Å². The Labute approximate surface area is 100 Å². The largest absolute Gasteiger partial charge is 1.00 e. The van der Waals surface area contributed by atoms with E-state index in [4.69, 9.17) is 5.21 Å². The molecule has 13 heavy (non-hydrogen) atoms. The van der Waals surface area contributed by atoms with E-state index in [2.05, 4.69) is 5.28 Å². The third kappa shape index (κ3) is 3.00. The Hall–Kier alpha value is 0. The van der Waals surface area contributed by atoms with Crippen molar-refractivity contribution in [1.29, 1.82) is 0 Å². The monoisotopic (exact) mass is 196 g/mol. The van der Waals surface area contributed by atoms with Crippen molar-refractivity contribution in [1.82, 2.24) is 5.01 Å². The second-order valence-electron chi connectivity index (χ2n) is 3.35. The second-order valence-corrected chi connectivity index (χ2v) is 3.35. The smallest absolute Gasteiger partial charge is 0.569 e. The fourth-order valence-electron chi connectivity index (χ4n) is 1.79. The predicted molar refractivity (Wildman–Crippen MR) is 42.5 cm³/mol. The summed E-state index contributed by atoms with van der Waals surface area (Å²) in [5.41, 5.74) is 0. The average Bonchev–Trinajstić information content (AvgIpc) is 2.03. The van der Waals surface area contributed by atoms with Crippen LogP contribution in [0.2, 0.25) is 0 Å². The van der Waals surface area contributed by atoms with Gasteiger partial charge in [0.25, 0.3) is 0 Å². The molecular weight excluding hydrogens is 181 g/mol. The van der Waals surface area contributed by atoms with Crippen LogP contribution >= 0.6 is 0 Å². The zero-order valence-electron chi connectivity index (χ0n) is 8.47. The van der Waals surface area contributed by atoms with Crippen LogP contribution in [-0.2, 0) is 0 Å². The Balaban J connectivity index is 0.00000144. The van der Waals surface area contributed by atoms with Crippen molar-refractivity contribution < 1.29 is 39.7 Å². The van der Waals surface area contributed by atoms with Crippen LogP contribution in [0.25, 0.3) is 0 Å². The summed E-state index contributed by atoms with van der Waals surface area (Å²) in [6.45, 7) is 3.93. The van der Waals surface area contributed by atoms with Crippen molar-refractivity contribution in [2.45, 2.75) is 45.2 Å². The minimum Gasteiger partial charge on any atom is -0.569 e. The summed E-state index contributed by atoms with van der Waals surface area (Å²) in [7, 11) is 0. The summed E-state index contributed by atoms with van der Waals surface area (Å²) in [5.74, 6) is 0. The quantitative estimate of drug-likeness (QED) is 0.241. The normalized spacial score (nSPS) is 29.7. The van der Waals surface area contributed by atoms with Crippen LogP contribution in [0, 0.1) is 5.21 Å². The van der Waals surface area contributed by atoms with Crippen molar-refractivity contribution in [2.75, 3.05) is 0 Å². The second kappa shape index (κ2) is 5.67. The molecule has 0 saturated carbocycles. The molecule has 0 aliphatic carbocycles. The SMILES string of the molecule is CC1CCCC(C)N1[N+]([O-])=NO.[Na+]. The fourth-order valence-corrected chi connectivity index (χ4v) is 1.79. The van der Waals surface area contributed by atoms with Crippen molar-refractivity contribution in [3.63, 3.8) is 0 Å². The maximum absolute atomic E-state index is 11.0. The van der Waals surface area contributed by atoms with Crippen LogP contribution < -0.4 is 29.6 Å². The van der Waals surface area contributed by atoms with Gasteiger partial charge in [-0.2, -0.15) is 0 Å². The molecule has 0 aromatic carbocycles. The van der Waals surface area contributed by atoms with E-state index in [1.807, 2.05) is 13.8 Å². The van der Waals surface area contributed by atoms with Gasteiger partial charge in [0, 0.05) is 0 Å². The van der Waals surface area contributed by atoms with Gasteiger partial charge in [-0.15, -0.1) is 5.01 Å². The van der Waals surface area contributed by atoms with Crippen LogP contribution in [-0.4, -0.2) is 27.3 Å². The van der Waals surface area contributed by atoms with Gasteiger partial charge in [0.05, 0.1) is 17.1 Å². The molecule has 1 fully saturated rings. The Morgan fingerprint density at radius 2 is 1.85 bits per heavy atom. The Kier molecular flexibility index (Phi) is 5.67. The third-order valence-corrected chi connectivity index (χ3v) is 2.42. The van der Waals surface area contributed by atoms with Gasteiger partial charge in [-0.1, -0.05) is 0 Å². The van der Waals surface area contributed by atoms with E-state index in [0.29, 0.717) is 0 Å². The molecule has 0 aromatic heterocycles. The molecule has 0 spiro atoms. The van der Waals surface area contributed by atoms with E-state index in [0.717, 1.165) is 19.3 Å². The van der Waals surface area contributed by atoms with Crippen LogP contribution in [0.3, 0.4) is 0 Å². The van der Waals surface area contributed by atoms with E-state index < -0.39 is 0 Å². The molecule has 0 aromatic rings. The number of hydrogen-bond donors (Lipinski definition) is 1. The van der Waals surface area contributed by atoms with Crippen molar-refractivity contribution in [3.05, 3.63) is 5.21 Å². The van der Waals surface area contributed by atoms with Crippen molar-refractivity contribution in [2.24, 2.45) is 5.28 Å². The van der Waals surface area contributed by atoms with E-state index in [-0.39, 0.29) is 46.6 Å². The van der Waals surface area contributed by atoms with E-state index in [1.165, 1.54) is 0 Å². The first-order valence-corrected chi connectivity index (χ1v) is 4.27. The first kappa shape index (κ1) is 13.0. The third-order valence-electron chi connectivity index (χ3n) is 2.42. The van der Waals surface area contributed by atoms with Gasteiger partial charge >= 0.3 is 29.6 Å². The van der Waals surface area contributed by atoms with Gasteiger partial charge in [0.15, 0.2) is 0 Å². The molecule has 0 amide bonds. The zero-order valence-corrected chi connectivity index (χ0v) is 10.5.